The molecular formula is C32H42N6O3. The van der Waals surface area contributed by atoms with Gasteiger partial charge in [-0.25, -0.2) is 0 Å². The number of nitrogens with one attached hydrogen (secondary N) is 2. The van der Waals surface area contributed by atoms with Crippen molar-refractivity contribution >= 4 is 17.5 Å². The molecule has 218 valence electrons. The Hall–Kier alpha value is -3.95. The summed E-state index contributed by atoms with van der Waals surface area (Å²) in [6.45, 7) is 7.77. The number of likely N-dealkylation sites (N-methyl/N-ethyl adjacent to an activating group) is 1. The van der Waals surface area contributed by atoms with Gasteiger partial charge in [0, 0.05) is 62.2 Å². The second-order valence-electron chi connectivity index (χ2n) is 10.5. The van der Waals surface area contributed by atoms with Gasteiger partial charge in [0.1, 0.15) is 17.3 Å². The van der Waals surface area contributed by atoms with Crippen molar-refractivity contribution < 1.29 is 14.3 Å². The van der Waals surface area contributed by atoms with Gasteiger partial charge in [0.05, 0.1) is 17.9 Å². The molecule has 0 aliphatic carbocycles. The molecule has 0 bridgehead atoms. The number of hydrogen-bond donors (Lipinski definition) is 3. The number of para-hydroxylation sites is 1. The molecule has 4 rings (SSSR count). The van der Waals surface area contributed by atoms with Gasteiger partial charge in [0.25, 0.3) is 0 Å². The van der Waals surface area contributed by atoms with Crippen LogP contribution in [0.25, 0.3) is 0 Å². The Bertz CT molecular complexity index is 1260. The highest BCUT2D eigenvalue weighted by Gasteiger charge is 2.28. The van der Waals surface area contributed by atoms with Crippen LogP contribution < -0.4 is 15.8 Å². The van der Waals surface area contributed by atoms with Crippen LogP contribution in [-0.4, -0.2) is 85.8 Å². The molecule has 9 nitrogen and oxygen atoms in total. The van der Waals surface area contributed by atoms with E-state index in [2.05, 4.69) is 22.3 Å². The number of amides is 1. The number of ether oxygens (including phenoxy) is 2. The standard InChI is InChI=1S/C32H42N6O3/c1-4-35-32(36-25-16-19-38(21-25)29(39)11-8-18-37(3)26-17-20-40-22-26)30(23(2)33)31(34)24-12-14-28(15-13-24)41-27-9-6-5-7-10-27/h5-15,25-26,34H,4,16-22,33H2,1-3H3,(H,35,36)/b11-8+,30-23+,34-31?. The minimum Gasteiger partial charge on any atom is -0.457 e. The van der Waals surface area contributed by atoms with Gasteiger partial charge in [-0.2, -0.15) is 0 Å². The van der Waals surface area contributed by atoms with Gasteiger partial charge in [-0.1, -0.05) is 24.3 Å². The summed E-state index contributed by atoms with van der Waals surface area (Å²) >= 11 is 0. The number of carbonyl (C=O) groups is 1. The van der Waals surface area contributed by atoms with Crippen molar-refractivity contribution in [3.63, 3.8) is 0 Å². The van der Waals surface area contributed by atoms with Gasteiger partial charge in [0.15, 0.2) is 0 Å². The van der Waals surface area contributed by atoms with Crippen LogP contribution in [0, 0.1) is 5.41 Å². The smallest absolute Gasteiger partial charge is 0.246 e. The predicted molar refractivity (Wildman–Crippen MR) is 164 cm³/mol. The van der Waals surface area contributed by atoms with Crippen LogP contribution in [0.4, 0.5) is 0 Å². The molecule has 2 aliphatic heterocycles. The third-order valence-electron chi connectivity index (χ3n) is 7.34. The third-order valence-corrected chi connectivity index (χ3v) is 7.34. The fraction of sp³-hybridized carbons (Fsp3) is 0.406. The van der Waals surface area contributed by atoms with Gasteiger partial charge in [-0.15, -0.1) is 0 Å². The van der Waals surface area contributed by atoms with Crippen LogP contribution >= 0.6 is 0 Å². The van der Waals surface area contributed by atoms with E-state index in [4.69, 9.17) is 20.6 Å². The summed E-state index contributed by atoms with van der Waals surface area (Å²) in [5.41, 5.74) is 8.37. The first-order valence-electron chi connectivity index (χ1n) is 14.3. The average molecular weight is 559 g/mol. The van der Waals surface area contributed by atoms with Gasteiger partial charge in [-0.05, 0) is 70.1 Å². The highest BCUT2D eigenvalue weighted by Crippen LogP contribution is 2.23. The first kappa shape index (κ1) is 30.0. The molecule has 0 spiro atoms. The lowest BCUT2D eigenvalue weighted by Crippen LogP contribution is -2.41. The van der Waals surface area contributed by atoms with Crippen LogP contribution in [0.3, 0.4) is 0 Å². The summed E-state index contributed by atoms with van der Waals surface area (Å²) in [4.78, 5) is 21.6. The van der Waals surface area contributed by atoms with Crippen molar-refractivity contribution in [2.75, 3.05) is 46.4 Å². The van der Waals surface area contributed by atoms with Crippen LogP contribution in [-0.2, 0) is 9.53 Å². The van der Waals surface area contributed by atoms with E-state index in [1.165, 1.54) is 0 Å². The van der Waals surface area contributed by atoms with Crippen LogP contribution in [0.5, 0.6) is 11.5 Å². The molecule has 0 saturated carbocycles. The Morgan fingerprint density at radius 2 is 1.93 bits per heavy atom. The lowest BCUT2D eigenvalue weighted by molar-refractivity contribution is -0.125. The van der Waals surface area contributed by atoms with Gasteiger partial charge < -0.3 is 25.4 Å². The molecule has 0 radical (unpaired) electrons. The van der Waals surface area contributed by atoms with Crippen LogP contribution in [0.15, 0.2) is 83.0 Å². The number of nitrogens with two attached hydrogens (primary N) is 1. The van der Waals surface area contributed by atoms with E-state index in [1.54, 1.807) is 13.0 Å². The number of rotatable bonds is 11. The largest absolute Gasteiger partial charge is 0.457 e. The summed E-state index contributed by atoms with van der Waals surface area (Å²) < 4.78 is 11.4. The lowest BCUT2D eigenvalue weighted by atomic mass is 9.99. The molecule has 2 aliphatic rings. The highest BCUT2D eigenvalue weighted by atomic mass is 16.5. The van der Waals surface area contributed by atoms with E-state index in [9.17, 15) is 4.79 Å². The minimum atomic E-state index is 0.00989. The fourth-order valence-corrected chi connectivity index (χ4v) is 5.03. The number of likely N-dealkylation sites (tertiary alicyclic amines) is 1. The highest BCUT2D eigenvalue weighted by molar-refractivity contribution is 6.28. The van der Waals surface area contributed by atoms with Crippen molar-refractivity contribution in [2.24, 2.45) is 10.7 Å². The predicted octanol–water partition coefficient (Wildman–Crippen LogP) is 3.97. The second-order valence-corrected chi connectivity index (χ2v) is 10.5. The van der Waals surface area contributed by atoms with Crippen LogP contribution in [0.1, 0.15) is 32.3 Å². The molecule has 9 heteroatoms. The molecule has 2 aromatic rings. The second kappa shape index (κ2) is 14.6. The number of nitrogens with zero attached hydrogens (tertiary/aromatic N) is 3. The quantitative estimate of drug-likeness (QED) is 0.218. The number of carbonyl (C=O) groups excluding carboxylic acids is 1. The van der Waals surface area contributed by atoms with Gasteiger partial charge >= 0.3 is 0 Å². The molecule has 1 amide bonds. The molecule has 41 heavy (non-hydrogen) atoms. The molecule has 2 heterocycles. The van der Waals surface area contributed by atoms with E-state index < -0.39 is 0 Å². The normalized spacial score (nSPS) is 20.0. The molecule has 4 N–H and O–H groups in total. The Labute approximate surface area is 243 Å². The summed E-state index contributed by atoms with van der Waals surface area (Å²) in [5, 5.41) is 12.5. The summed E-state index contributed by atoms with van der Waals surface area (Å²) in [6.07, 6.45) is 5.42. The maximum Gasteiger partial charge on any atom is 0.246 e. The van der Waals surface area contributed by atoms with Gasteiger partial charge in [-0.3, -0.25) is 20.1 Å². The van der Waals surface area contributed by atoms with Crippen LogP contribution in [0.2, 0.25) is 0 Å². The minimum absolute atomic E-state index is 0.00989. The first-order valence-corrected chi connectivity index (χ1v) is 14.3. The van der Waals surface area contributed by atoms with E-state index >= 15 is 0 Å². The zero-order valence-electron chi connectivity index (χ0n) is 24.3. The molecule has 2 fully saturated rings. The van der Waals surface area contributed by atoms with E-state index in [0.29, 0.717) is 60.6 Å². The number of aliphatic imine (C=N–C) groups is 1. The monoisotopic (exact) mass is 558 g/mol. The van der Waals surface area contributed by atoms with E-state index in [1.807, 2.05) is 72.5 Å². The van der Waals surface area contributed by atoms with Crippen molar-refractivity contribution in [1.82, 2.24) is 15.1 Å². The lowest BCUT2D eigenvalue weighted by Gasteiger charge is -2.21. The van der Waals surface area contributed by atoms with Crippen molar-refractivity contribution in [3.05, 3.63) is 83.6 Å². The zero-order chi connectivity index (χ0) is 29.2. The number of benzene rings is 2. The zero-order valence-corrected chi connectivity index (χ0v) is 24.3. The molecule has 2 aromatic carbocycles. The molecular weight excluding hydrogens is 516 g/mol. The average Bonchev–Trinajstić information content (AvgIpc) is 3.67. The SMILES string of the molecule is CCN=C(NC1CCN(C(=O)/C=C/CN(C)C2CCOC2)C1)/C(C(=N)c1ccc(Oc2ccccc2)cc1)=C(\C)N. The molecule has 2 unspecified atom stereocenters. The summed E-state index contributed by atoms with van der Waals surface area (Å²) in [7, 11) is 2.06. The topological polar surface area (TPSA) is 116 Å². The Morgan fingerprint density at radius 1 is 1.20 bits per heavy atom. The molecule has 2 atom stereocenters. The van der Waals surface area contributed by atoms with E-state index in [-0.39, 0.29) is 17.7 Å². The van der Waals surface area contributed by atoms with Gasteiger partial charge in [0.2, 0.25) is 5.91 Å². The maximum absolute atomic E-state index is 12.8. The molecule has 2 saturated heterocycles. The number of hydrogen-bond acceptors (Lipinski definition) is 7. The third kappa shape index (κ3) is 8.28. The number of allylic oxidation sites excluding steroid dienone is 1. The maximum atomic E-state index is 12.8. The fourth-order valence-electron chi connectivity index (χ4n) is 5.03. The number of amidine groups is 1. The van der Waals surface area contributed by atoms with Crippen molar-refractivity contribution in [2.45, 2.75) is 38.8 Å². The van der Waals surface area contributed by atoms with Crippen molar-refractivity contribution in [1.29, 1.82) is 5.41 Å². The Kier molecular flexibility index (Phi) is 10.7. The summed E-state index contributed by atoms with van der Waals surface area (Å²) in [6, 6.07) is 17.4. The first-order chi connectivity index (χ1) is 19.9. The summed E-state index contributed by atoms with van der Waals surface area (Å²) in [5.74, 6) is 2.03. The molecule has 0 aromatic heterocycles. The van der Waals surface area contributed by atoms with Crippen molar-refractivity contribution in [3.8, 4) is 11.5 Å². The Morgan fingerprint density at radius 3 is 2.59 bits per heavy atom. The Balaban J connectivity index is 1.36. The van der Waals surface area contributed by atoms with E-state index in [0.717, 1.165) is 31.8 Å².